The number of carbonyl (C=O) groups is 1. The zero-order valence-electron chi connectivity index (χ0n) is 28.7. The third-order valence-electron chi connectivity index (χ3n) is 9.34. The SMILES string of the molecule is CCOc1nc2cccc(C(=O)O)c2n1Cc1ccc(-n2cc(C)cc2-c2nnnn2C(c2ccccc2)(c2ccccc2)c2ccccc2)cc1. The molecule has 0 atom stereocenters. The molecular formula is C42H35N7O3. The maximum Gasteiger partial charge on any atom is 0.337 e. The molecule has 3 heterocycles. The summed E-state index contributed by atoms with van der Waals surface area (Å²) in [5, 5.41) is 23.7. The second kappa shape index (κ2) is 13.5. The fraction of sp³-hybridized carbons (Fsp3) is 0.119. The van der Waals surface area contributed by atoms with Crippen molar-refractivity contribution in [2.75, 3.05) is 6.61 Å². The van der Waals surface area contributed by atoms with Crippen molar-refractivity contribution < 1.29 is 14.6 Å². The summed E-state index contributed by atoms with van der Waals surface area (Å²) in [6.07, 6.45) is 2.08. The van der Waals surface area contributed by atoms with Gasteiger partial charge in [0.1, 0.15) is 5.54 Å². The quantitative estimate of drug-likeness (QED) is 0.138. The van der Waals surface area contributed by atoms with Crippen molar-refractivity contribution in [1.82, 2.24) is 34.3 Å². The first kappa shape index (κ1) is 32.4. The van der Waals surface area contributed by atoms with Crippen LogP contribution >= 0.6 is 0 Å². The monoisotopic (exact) mass is 685 g/mol. The van der Waals surface area contributed by atoms with Crippen molar-refractivity contribution in [2.24, 2.45) is 0 Å². The number of aromatic carboxylic acids is 1. The summed E-state index contributed by atoms with van der Waals surface area (Å²) in [4.78, 5) is 16.7. The van der Waals surface area contributed by atoms with E-state index in [4.69, 9.17) is 9.95 Å². The van der Waals surface area contributed by atoms with Gasteiger partial charge in [-0.3, -0.25) is 4.57 Å². The summed E-state index contributed by atoms with van der Waals surface area (Å²) in [6.45, 7) is 4.72. The molecule has 0 saturated carbocycles. The van der Waals surface area contributed by atoms with E-state index in [1.165, 1.54) is 0 Å². The fourth-order valence-electron chi connectivity index (χ4n) is 7.13. The van der Waals surface area contributed by atoms with E-state index in [1.807, 2.05) is 95.0 Å². The molecule has 3 aromatic heterocycles. The maximum absolute atomic E-state index is 12.1. The summed E-state index contributed by atoms with van der Waals surface area (Å²) >= 11 is 0. The lowest BCUT2D eigenvalue weighted by Crippen LogP contribution is -2.39. The molecule has 52 heavy (non-hydrogen) atoms. The first-order chi connectivity index (χ1) is 25.5. The lowest BCUT2D eigenvalue weighted by molar-refractivity contribution is 0.0698. The van der Waals surface area contributed by atoms with Gasteiger partial charge in [0.25, 0.3) is 6.01 Å². The van der Waals surface area contributed by atoms with Crippen molar-refractivity contribution >= 4 is 17.0 Å². The number of para-hydroxylation sites is 1. The van der Waals surface area contributed by atoms with Gasteiger partial charge in [-0.25, -0.2) is 9.48 Å². The number of aryl methyl sites for hydroxylation is 1. The number of tetrazole rings is 1. The number of rotatable bonds is 11. The predicted molar refractivity (Wildman–Crippen MR) is 199 cm³/mol. The normalized spacial score (nSPS) is 11.6. The molecule has 8 rings (SSSR count). The molecule has 10 heteroatoms. The van der Waals surface area contributed by atoms with Crippen LogP contribution in [-0.2, 0) is 12.1 Å². The number of ether oxygens (including phenoxy) is 1. The van der Waals surface area contributed by atoms with E-state index in [2.05, 4.69) is 75.4 Å². The van der Waals surface area contributed by atoms with Gasteiger partial charge in [0.2, 0.25) is 5.82 Å². The molecule has 0 radical (unpaired) electrons. The fourth-order valence-corrected chi connectivity index (χ4v) is 7.13. The van der Waals surface area contributed by atoms with Crippen LogP contribution in [0.3, 0.4) is 0 Å². The minimum Gasteiger partial charge on any atom is -0.478 e. The number of carboxylic acids is 1. The van der Waals surface area contributed by atoms with Crippen LogP contribution in [0.1, 0.15) is 45.1 Å². The summed E-state index contributed by atoms with van der Waals surface area (Å²) in [5.74, 6) is -0.417. The number of aromatic nitrogens is 7. The second-order valence-electron chi connectivity index (χ2n) is 12.6. The lowest BCUT2D eigenvalue weighted by atomic mass is 9.77. The Labute approximate surface area is 300 Å². The smallest absolute Gasteiger partial charge is 0.337 e. The van der Waals surface area contributed by atoms with Gasteiger partial charge in [0.15, 0.2) is 0 Å². The van der Waals surface area contributed by atoms with Crippen molar-refractivity contribution in [3.63, 3.8) is 0 Å². The Morgan fingerprint density at radius 2 is 1.40 bits per heavy atom. The molecule has 0 unspecified atom stereocenters. The maximum atomic E-state index is 12.1. The largest absolute Gasteiger partial charge is 0.478 e. The topological polar surface area (TPSA) is 113 Å². The zero-order valence-corrected chi connectivity index (χ0v) is 28.7. The van der Waals surface area contributed by atoms with Gasteiger partial charge in [0.05, 0.1) is 35.4 Å². The molecule has 0 saturated heterocycles. The van der Waals surface area contributed by atoms with Gasteiger partial charge in [-0.15, -0.1) is 5.10 Å². The third-order valence-corrected chi connectivity index (χ3v) is 9.34. The number of benzene rings is 5. The van der Waals surface area contributed by atoms with Crippen LogP contribution in [0, 0.1) is 6.92 Å². The van der Waals surface area contributed by atoms with Crippen LogP contribution in [0.4, 0.5) is 0 Å². The second-order valence-corrected chi connectivity index (χ2v) is 12.6. The van der Waals surface area contributed by atoms with E-state index in [-0.39, 0.29) is 5.56 Å². The zero-order chi connectivity index (χ0) is 35.7. The van der Waals surface area contributed by atoms with Gasteiger partial charge in [-0.05, 0) is 82.4 Å². The molecule has 0 aliphatic rings. The third kappa shape index (κ3) is 5.50. The van der Waals surface area contributed by atoms with Crippen LogP contribution < -0.4 is 4.74 Å². The Kier molecular flexibility index (Phi) is 8.40. The van der Waals surface area contributed by atoms with E-state index in [0.29, 0.717) is 36.0 Å². The Morgan fingerprint density at radius 1 is 0.788 bits per heavy atom. The molecule has 0 aliphatic carbocycles. The highest BCUT2D eigenvalue weighted by Crippen LogP contribution is 2.42. The van der Waals surface area contributed by atoms with Crippen LogP contribution in [0.15, 0.2) is 146 Å². The number of fused-ring (bicyclic) bond motifs is 1. The molecule has 1 N–H and O–H groups in total. The minimum atomic E-state index is -1.01. The van der Waals surface area contributed by atoms with E-state index in [1.54, 1.807) is 18.2 Å². The molecule has 0 fully saturated rings. The predicted octanol–water partition coefficient (Wildman–Crippen LogP) is 7.77. The summed E-state index contributed by atoms with van der Waals surface area (Å²) in [6, 6.07) is 46.7. The van der Waals surface area contributed by atoms with Crippen LogP contribution in [0.2, 0.25) is 0 Å². The highest BCUT2D eigenvalue weighted by atomic mass is 16.5. The first-order valence-electron chi connectivity index (χ1n) is 17.1. The van der Waals surface area contributed by atoms with E-state index >= 15 is 0 Å². The molecular weight excluding hydrogens is 651 g/mol. The summed E-state index contributed by atoms with van der Waals surface area (Å²) < 4.78 is 11.7. The Balaban J connectivity index is 1.24. The molecule has 8 aromatic rings. The van der Waals surface area contributed by atoms with Crippen LogP contribution in [-0.4, -0.2) is 52.0 Å². The molecule has 0 bridgehead atoms. The molecule has 256 valence electrons. The number of carboxylic acid groups (broad SMARTS) is 1. The van der Waals surface area contributed by atoms with Gasteiger partial charge in [-0.2, -0.15) is 4.98 Å². The Morgan fingerprint density at radius 3 is 1.98 bits per heavy atom. The van der Waals surface area contributed by atoms with E-state index in [9.17, 15) is 9.90 Å². The highest BCUT2D eigenvalue weighted by Gasteiger charge is 2.42. The van der Waals surface area contributed by atoms with Crippen LogP contribution in [0.5, 0.6) is 6.01 Å². The number of imidazole rings is 1. The molecule has 5 aromatic carbocycles. The molecule has 0 amide bonds. The first-order valence-corrected chi connectivity index (χ1v) is 17.1. The minimum absolute atomic E-state index is 0.176. The summed E-state index contributed by atoms with van der Waals surface area (Å²) in [7, 11) is 0. The van der Waals surface area contributed by atoms with E-state index < -0.39 is 11.5 Å². The molecule has 0 spiro atoms. The number of nitrogens with zero attached hydrogens (tertiary/aromatic N) is 7. The molecule has 10 nitrogen and oxygen atoms in total. The molecule has 0 aliphatic heterocycles. The lowest BCUT2D eigenvalue weighted by Gasteiger charge is -2.36. The Hall–Kier alpha value is -6.81. The number of hydrogen-bond donors (Lipinski definition) is 1. The Bertz CT molecular complexity index is 2390. The number of hydrogen-bond acceptors (Lipinski definition) is 6. The average molecular weight is 686 g/mol. The van der Waals surface area contributed by atoms with Gasteiger partial charge >= 0.3 is 5.97 Å². The van der Waals surface area contributed by atoms with Crippen molar-refractivity contribution in [1.29, 1.82) is 0 Å². The van der Waals surface area contributed by atoms with Crippen molar-refractivity contribution in [2.45, 2.75) is 25.9 Å². The van der Waals surface area contributed by atoms with Crippen molar-refractivity contribution in [3.8, 4) is 23.2 Å². The summed E-state index contributed by atoms with van der Waals surface area (Å²) in [5.41, 5.74) is 7.18. The van der Waals surface area contributed by atoms with Crippen LogP contribution in [0.25, 0.3) is 28.2 Å². The van der Waals surface area contributed by atoms with Gasteiger partial charge in [0, 0.05) is 11.9 Å². The van der Waals surface area contributed by atoms with Gasteiger partial charge < -0.3 is 14.4 Å². The standard InChI is InChI=1S/C42H35N7O3/c1-3-52-41-43-36-21-13-20-35(40(50)51)38(36)48(41)28-30-22-24-34(25-23-30)47-27-29(2)26-37(47)39-44-45-46-49(39)42(31-14-7-4-8-15-31,32-16-9-5-10-17-32)33-18-11-6-12-19-33/h4-27H,3,28H2,1-2H3,(H,50,51). The van der Waals surface area contributed by atoms with E-state index in [0.717, 1.165) is 39.2 Å². The van der Waals surface area contributed by atoms with Crippen molar-refractivity contribution in [3.05, 3.63) is 179 Å². The van der Waals surface area contributed by atoms with Gasteiger partial charge in [-0.1, -0.05) is 109 Å². The average Bonchev–Trinajstić information content (AvgIpc) is 3.91. The highest BCUT2D eigenvalue weighted by molar-refractivity contribution is 6.01.